The lowest BCUT2D eigenvalue weighted by Gasteiger charge is -2.14. The number of H-pyrrole nitrogens is 1. The lowest BCUT2D eigenvalue weighted by Crippen LogP contribution is -2.36. The number of benzene rings is 1. The van der Waals surface area contributed by atoms with Crippen LogP contribution >= 0.6 is 0 Å². The number of carbonyl (C=O) groups is 1. The van der Waals surface area contributed by atoms with Gasteiger partial charge in [-0.2, -0.15) is 0 Å². The number of rotatable bonds is 5. The minimum Gasteiger partial charge on any atom is -0.346 e. The van der Waals surface area contributed by atoms with E-state index in [2.05, 4.69) is 20.3 Å². The van der Waals surface area contributed by atoms with Crippen LogP contribution < -0.4 is 11.1 Å². The molecule has 4 N–H and O–H groups in total. The SMILES string of the molecule is CC(C)C[C@@H](N)C(=O)Nc1ccc(-c2ncnc3[nH]ccc23)cc1. The van der Waals surface area contributed by atoms with Crippen molar-refractivity contribution in [1.29, 1.82) is 0 Å². The van der Waals surface area contributed by atoms with Crippen molar-refractivity contribution in [3.8, 4) is 11.3 Å². The molecule has 2 heterocycles. The summed E-state index contributed by atoms with van der Waals surface area (Å²) in [5.74, 6) is 0.223. The van der Waals surface area contributed by atoms with E-state index >= 15 is 0 Å². The Labute approximate surface area is 140 Å². The number of nitrogens with two attached hydrogens (primary N) is 1. The van der Waals surface area contributed by atoms with Crippen LogP contribution in [0.2, 0.25) is 0 Å². The molecule has 0 fully saturated rings. The van der Waals surface area contributed by atoms with Gasteiger partial charge in [0.05, 0.1) is 11.7 Å². The zero-order valence-corrected chi connectivity index (χ0v) is 13.8. The van der Waals surface area contributed by atoms with Gasteiger partial charge in [-0.1, -0.05) is 26.0 Å². The summed E-state index contributed by atoms with van der Waals surface area (Å²) >= 11 is 0. The molecule has 2 aromatic heterocycles. The van der Waals surface area contributed by atoms with Crippen LogP contribution in [0.5, 0.6) is 0 Å². The molecule has 0 aliphatic heterocycles. The predicted octanol–water partition coefficient (Wildman–Crippen LogP) is 2.94. The summed E-state index contributed by atoms with van der Waals surface area (Å²) in [6.07, 6.45) is 4.04. The average molecular weight is 323 g/mol. The van der Waals surface area contributed by atoms with Gasteiger partial charge in [-0.15, -0.1) is 0 Å². The molecule has 3 aromatic rings. The number of fused-ring (bicyclic) bond motifs is 1. The summed E-state index contributed by atoms with van der Waals surface area (Å²) in [7, 11) is 0. The zero-order chi connectivity index (χ0) is 17.1. The van der Waals surface area contributed by atoms with Gasteiger partial charge in [-0.05, 0) is 30.5 Å². The Morgan fingerprint density at radius 1 is 1.21 bits per heavy atom. The highest BCUT2D eigenvalue weighted by molar-refractivity contribution is 5.95. The number of aromatic nitrogens is 3. The minimum atomic E-state index is -0.494. The van der Waals surface area contributed by atoms with Crippen LogP contribution in [0.1, 0.15) is 20.3 Å². The van der Waals surface area contributed by atoms with E-state index in [1.54, 1.807) is 0 Å². The van der Waals surface area contributed by atoms with Crippen LogP contribution in [0.3, 0.4) is 0 Å². The molecule has 124 valence electrons. The third-order valence-corrected chi connectivity index (χ3v) is 3.84. The predicted molar refractivity (Wildman–Crippen MR) is 95.4 cm³/mol. The van der Waals surface area contributed by atoms with Gasteiger partial charge in [0, 0.05) is 22.8 Å². The van der Waals surface area contributed by atoms with Crippen molar-refractivity contribution in [3.63, 3.8) is 0 Å². The smallest absolute Gasteiger partial charge is 0.241 e. The Morgan fingerprint density at radius 2 is 1.96 bits per heavy atom. The van der Waals surface area contributed by atoms with Crippen LogP contribution in [0.4, 0.5) is 5.69 Å². The van der Waals surface area contributed by atoms with Crippen LogP contribution in [-0.2, 0) is 4.79 Å². The van der Waals surface area contributed by atoms with Gasteiger partial charge in [0.25, 0.3) is 0 Å². The van der Waals surface area contributed by atoms with E-state index in [-0.39, 0.29) is 5.91 Å². The Balaban J connectivity index is 1.76. The number of nitrogens with zero attached hydrogens (tertiary/aromatic N) is 2. The van der Waals surface area contributed by atoms with Gasteiger partial charge in [-0.25, -0.2) is 9.97 Å². The molecule has 1 atom stereocenters. The fourth-order valence-electron chi connectivity index (χ4n) is 2.66. The summed E-state index contributed by atoms with van der Waals surface area (Å²) in [6, 6.07) is 9.03. The molecule has 6 nitrogen and oxygen atoms in total. The first-order chi connectivity index (χ1) is 11.5. The van der Waals surface area contributed by atoms with Crippen molar-refractivity contribution in [3.05, 3.63) is 42.9 Å². The molecule has 0 aliphatic carbocycles. The monoisotopic (exact) mass is 323 g/mol. The Bertz CT molecular complexity index is 838. The fourth-order valence-corrected chi connectivity index (χ4v) is 2.66. The Kier molecular flexibility index (Phi) is 4.57. The standard InChI is InChI=1S/C18H21N5O/c1-11(2)9-15(19)18(24)23-13-5-3-12(4-6-13)16-14-7-8-20-17(14)22-10-21-16/h3-8,10-11,15H,9,19H2,1-2H3,(H,23,24)(H,20,21,22)/t15-/m1/s1. The normalized spacial score (nSPS) is 12.5. The maximum Gasteiger partial charge on any atom is 0.241 e. The first-order valence-electron chi connectivity index (χ1n) is 7.99. The van der Waals surface area contributed by atoms with E-state index in [0.717, 1.165) is 28.0 Å². The highest BCUT2D eigenvalue weighted by Crippen LogP contribution is 2.25. The molecule has 24 heavy (non-hydrogen) atoms. The molecular weight excluding hydrogens is 302 g/mol. The van der Waals surface area contributed by atoms with Gasteiger partial charge in [0.2, 0.25) is 5.91 Å². The topological polar surface area (TPSA) is 96.7 Å². The minimum absolute atomic E-state index is 0.161. The van der Waals surface area contributed by atoms with Crippen molar-refractivity contribution in [2.75, 3.05) is 5.32 Å². The number of anilines is 1. The lowest BCUT2D eigenvalue weighted by atomic mass is 10.0. The van der Waals surface area contributed by atoms with E-state index in [1.807, 2.05) is 50.4 Å². The van der Waals surface area contributed by atoms with Crippen LogP contribution in [0, 0.1) is 5.92 Å². The number of hydrogen-bond acceptors (Lipinski definition) is 4. The average Bonchev–Trinajstić information content (AvgIpc) is 3.03. The van der Waals surface area contributed by atoms with Gasteiger partial charge in [-0.3, -0.25) is 4.79 Å². The number of amides is 1. The van der Waals surface area contributed by atoms with E-state index in [1.165, 1.54) is 6.33 Å². The first-order valence-corrected chi connectivity index (χ1v) is 7.99. The number of aromatic amines is 1. The van der Waals surface area contributed by atoms with E-state index in [4.69, 9.17) is 5.73 Å². The number of carbonyl (C=O) groups excluding carboxylic acids is 1. The van der Waals surface area contributed by atoms with Crippen molar-refractivity contribution >= 4 is 22.6 Å². The maximum absolute atomic E-state index is 12.1. The largest absolute Gasteiger partial charge is 0.346 e. The van der Waals surface area contributed by atoms with Crippen LogP contribution in [0.25, 0.3) is 22.3 Å². The highest BCUT2D eigenvalue weighted by Gasteiger charge is 2.15. The van der Waals surface area contributed by atoms with Crippen LogP contribution in [-0.4, -0.2) is 26.9 Å². The molecule has 0 saturated heterocycles. The van der Waals surface area contributed by atoms with Crippen molar-refractivity contribution in [2.24, 2.45) is 11.7 Å². The van der Waals surface area contributed by atoms with Crippen molar-refractivity contribution < 1.29 is 4.79 Å². The van der Waals surface area contributed by atoms with Crippen molar-refractivity contribution in [1.82, 2.24) is 15.0 Å². The lowest BCUT2D eigenvalue weighted by molar-refractivity contribution is -0.117. The second-order valence-electron chi connectivity index (χ2n) is 6.26. The zero-order valence-electron chi connectivity index (χ0n) is 13.8. The molecule has 0 spiro atoms. The van der Waals surface area contributed by atoms with E-state index in [9.17, 15) is 4.79 Å². The quantitative estimate of drug-likeness (QED) is 0.672. The first kappa shape index (κ1) is 16.1. The summed E-state index contributed by atoms with van der Waals surface area (Å²) in [4.78, 5) is 23.7. The highest BCUT2D eigenvalue weighted by atomic mass is 16.2. The van der Waals surface area contributed by atoms with E-state index in [0.29, 0.717) is 12.3 Å². The molecule has 0 saturated carbocycles. The van der Waals surface area contributed by atoms with Gasteiger partial charge < -0.3 is 16.0 Å². The second kappa shape index (κ2) is 6.80. The molecule has 1 amide bonds. The fraction of sp³-hybridized carbons (Fsp3) is 0.278. The molecule has 1 aromatic carbocycles. The molecule has 0 radical (unpaired) electrons. The Morgan fingerprint density at radius 3 is 2.67 bits per heavy atom. The number of nitrogens with one attached hydrogen (secondary N) is 2. The van der Waals surface area contributed by atoms with Gasteiger partial charge >= 0.3 is 0 Å². The van der Waals surface area contributed by atoms with Gasteiger partial charge in [0.1, 0.15) is 12.0 Å². The Hall–Kier alpha value is -2.73. The van der Waals surface area contributed by atoms with Gasteiger partial charge in [0.15, 0.2) is 0 Å². The summed E-state index contributed by atoms with van der Waals surface area (Å²) in [6.45, 7) is 4.09. The third-order valence-electron chi connectivity index (χ3n) is 3.84. The van der Waals surface area contributed by atoms with Crippen molar-refractivity contribution in [2.45, 2.75) is 26.3 Å². The maximum atomic E-state index is 12.1. The second-order valence-corrected chi connectivity index (χ2v) is 6.26. The molecule has 0 aliphatic rings. The summed E-state index contributed by atoms with van der Waals surface area (Å²) in [5.41, 5.74) is 9.25. The molecule has 0 bridgehead atoms. The molecule has 0 unspecified atom stereocenters. The third kappa shape index (κ3) is 3.44. The molecular formula is C18H21N5O. The number of hydrogen-bond donors (Lipinski definition) is 3. The summed E-state index contributed by atoms with van der Waals surface area (Å²) < 4.78 is 0. The molecule has 3 rings (SSSR count). The summed E-state index contributed by atoms with van der Waals surface area (Å²) in [5, 5.41) is 3.82. The van der Waals surface area contributed by atoms with E-state index < -0.39 is 6.04 Å². The van der Waals surface area contributed by atoms with Crippen LogP contribution in [0.15, 0.2) is 42.9 Å². The molecule has 6 heteroatoms.